The topological polar surface area (TPSA) is 117 Å². The molecule has 0 aliphatic rings. The Morgan fingerprint density at radius 2 is 0.809 bits per heavy atom. The summed E-state index contributed by atoms with van der Waals surface area (Å²) < 4.78 is 11.8. The largest absolute Gasteiger partial charge is 0.465 e. The number of hydrogen-bond acceptors (Lipinski definition) is 10. The minimum Gasteiger partial charge on any atom is -0.465 e. The van der Waals surface area contributed by atoms with Gasteiger partial charge >= 0.3 is 11.9 Å². The molecule has 0 saturated heterocycles. The molecule has 0 atom stereocenters. The van der Waals surface area contributed by atoms with Crippen LogP contribution in [-0.4, -0.2) is 88.3 Å². The molecule has 10 heteroatoms. The van der Waals surface area contributed by atoms with Crippen molar-refractivity contribution in [3.8, 4) is 0 Å². The highest BCUT2D eigenvalue weighted by Crippen LogP contribution is 2.22. The molecule has 0 aliphatic heterocycles. The number of carbonyl (C=O) groups excluding carboxylic acids is 2. The zero-order chi connectivity index (χ0) is 49.7. The van der Waals surface area contributed by atoms with Crippen molar-refractivity contribution in [3.63, 3.8) is 0 Å². The first-order chi connectivity index (χ1) is 33.2. The maximum atomic E-state index is 12.9. The van der Waals surface area contributed by atoms with E-state index in [9.17, 15) is 19.2 Å². The third kappa shape index (κ3) is 34.8. The van der Waals surface area contributed by atoms with Crippen LogP contribution in [0, 0.1) is 11.8 Å². The molecule has 0 fully saturated rings. The smallest absolute Gasteiger partial charge is 0.305 e. The molecule has 68 heavy (non-hydrogen) atoms. The van der Waals surface area contributed by atoms with Crippen LogP contribution < -0.4 is 21.5 Å². The Hall–Kier alpha value is -2.46. The van der Waals surface area contributed by atoms with Crippen LogP contribution in [0.4, 0.5) is 11.4 Å². The van der Waals surface area contributed by atoms with E-state index >= 15 is 0 Å². The second-order valence-corrected chi connectivity index (χ2v) is 20.7. The summed E-state index contributed by atoms with van der Waals surface area (Å²) in [6, 6.07) is 0. The summed E-state index contributed by atoms with van der Waals surface area (Å²) in [6.07, 6.45) is 42.5. The summed E-state index contributed by atoms with van der Waals surface area (Å²) in [5.74, 6) is 0.890. The van der Waals surface area contributed by atoms with Crippen LogP contribution in [0.5, 0.6) is 0 Å². The number of anilines is 2. The molecule has 0 aromatic heterocycles. The van der Waals surface area contributed by atoms with Crippen LogP contribution in [-0.2, 0) is 19.1 Å². The molecule has 0 radical (unpaired) electrons. The van der Waals surface area contributed by atoms with Gasteiger partial charge in [0.1, 0.15) is 11.4 Å². The lowest BCUT2D eigenvalue weighted by Gasteiger charge is -2.26. The van der Waals surface area contributed by atoms with E-state index in [1.165, 1.54) is 180 Å². The lowest BCUT2D eigenvalue weighted by Crippen LogP contribution is -2.40. The molecule has 0 saturated carbocycles. The first-order valence-corrected chi connectivity index (χ1v) is 29.2. The molecular weight excluding hydrogens is 849 g/mol. The zero-order valence-electron chi connectivity index (χ0n) is 45.6. The van der Waals surface area contributed by atoms with E-state index in [4.69, 9.17) is 9.47 Å². The van der Waals surface area contributed by atoms with Crippen molar-refractivity contribution in [2.75, 3.05) is 77.2 Å². The van der Waals surface area contributed by atoms with Crippen molar-refractivity contribution in [2.24, 2.45) is 11.8 Å². The van der Waals surface area contributed by atoms with E-state index in [1.54, 1.807) is 7.05 Å². The Morgan fingerprint density at radius 1 is 0.441 bits per heavy atom. The number of unbranched alkanes of at least 4 members (excludes halogenated alkanes) is 24. The van der Waals surface area contributed by atoms with E-state index in [0.717, 1.165) is 71.2 Å². The van der Waals surface area contributed by atoms with Gasteiger partial charge in [0.25, 0.3) is 10.9 Å². The normalized spacial score (nSPS) is 11.8. The molecule has 0 spiro atoms. The summed E-state index contributed by atoms with van der Waals surface area (Å²) in [5, 5.41) is 6.06. The fourth-order valence-electron chi connectivity index (χ4n) is 9.55. The average Bonchev–Trinajstić information content (AvgIpc) is 3.34. The second kappa shape index (κ2) is 45.7. The number of nitrogens with zero attached hydrogens (tertiary/aromatic N) is 2. The van der Waals surface area contributed by atoms with Gasteiger partial charge in [-0.25, -0.2) is 0 Å². The van der Waals surface area contributed by atoms with E-state index in [2.05, 4.69) is 55.2 Å². The van der Waals surface area contributed by atoms with Gasteiger partial charge in [0.05, 0.1) is 13.2 Å². The zero-order valence-corrected chi connectivity index (χ0v) is 45.6. The molecule has 1 aromatic carbocycles. The molecule has 0 aliphatic carbocycles. The quantitative estimate of drug-likeness (QED) is 0.0371. The first kappa shape index (κ1) is 63.6. The van der Waals surface area contributed by atoms with Crippen molar-refractivity contribution in [1.82, 2.24) is 9.80 Å². The van der Waals surface area contributed by atoms with Crippen LogP contribution >= 0.6 is 0 Å². The van der Waals surface area contributed by atoms with Crippen LogP contribution in [0.1, 0.15) is 259 Å². The van der Waals surface area contributed by atoms with E-state index in [1.807, 2.05) is 0 Å². The number of rotatable bonds is 52. The van der Waals surface area contributed by atoms with Crippen molar-refractivity contribution >= 4 is 23.3 Å². The molecular formula is C58H110N4O6. The highest BCUT2D eigenvalue weighted by molar-refractivity contribution is 5.73. The average molecular weight is 960 g/mol. The Kier molecular flexibility index (Phi) is 42.7. The molecule has 1 aromatic rings. The Bertz CT molecular complexity index is 1350. The van der Waals surface area contributed by atoms with Gasteiger partial charge < -0.3 is 29.9 Å². The minimum atomic E-state index is -0.457. The van der Waals surface area contributed by atoms with Gasteiger partial charge in [-0.15, -0.1) is 0 Å². The molecule has 10 nitrogen and oxygen atoms in total. The van der Waals surface area contributed by atoms with Crippen molar-refractivity contribution in [3.05, 3.63) is 20.4 Å². The summed E-state index contributed by atoms with van der Waals surface area (Å²) in [5.41, 5.74) is -0.151. The summed E-state index contributed by atoms with van der Waals surface area (Å²) in [7, 11) is 3.83. The third-order valence-electron chi connectivity index (χ3n) is 14.3. The fourth-order valence-corrected chi connectivity index (χ4v) is 9.55. The van der Waals surface area contributed by atoms with Crippen LogP contribution in [0.15, 0.2) is 9.59 Å². The Balaban J connectivity index is 2.51. The van der Waals surface area contributed by atoms with Crippen molar-refractivity contribution in [1.29, 1.82) is 0 Å². The van der Waals surface area contributed by atoms with Crippen LogP contribution in [0.3, 0.4) is 0 Å². The number of likely N-dealkylation sites (N-methyl/N-ethyl adjacent to an activating group) is 1. The van der Waals surface area contributed by atoms with Gasteiger partial charge in [0, 0.05) is 46.1 Å². The number of nitrogens with one attached hydrogen (secondary N) is 2. The summed E-state index contributed by atoms with van der Waals surface area (Å²) in [6.45, 7) is 15.2. The van der Waals surface area contributed by atoms with Crippen LogP contribution in [0.25, 0.3) is 0 Å². The fraction of sp³-hybridized carbons (Fsp3) is 0.897. The Morgan fingerprint density at radius 3 is 1.22 bits per heavy atom. The molecule has 0 heterocycles. The number of ether oxygens (including phenoxy) is 2. The first-order valence-electron chi connectivity index (χ1n) is 29.2. The highest BCUT2D eigenvalue weighted by Gasteiger charge is 2.20. The highest BCUT2D eigenvalue weighted by atomic mass is 16.5. The predicted octanol–water partition coefficient (Wildman–Crippen LogP) is 14.4. The molecule has 0 unspecified atom stereocenters. The molecule has 1 rings (SSSR count). The van der Waals surface area contributed by atoms with Crippen LogP contribution in [0.2, 0.25) is 0 Å². The van der Waals surface area contributed by atoms with Gasteiger partial charge in [-0.1, -0.05) is 195 Å². The third-order valence-corrected chi connectivity index (χ3v) is 14.3. The van der Waals surface area contributed by atoms with Gasteiger partial charge in [-0.05, 0) is 83.3 Å². The van der Waals surface area contributed by atoms with E-state index in [-0.39, 0.29) is 11.9 Å². The number of hydrogen-bond donors (Lipinski definition) is 2. The summed E-state index contributed by atoms with van der Waals surface area (Å²) in [4.78, 5) is 54.5. The second-order valence-electron chi connectivity index (χ2n) is 20.7. The summed E-state index contributed by atoms with van der Waals surface area (Å²) >= 11 is 0. The van der Waals surface area contributed by atoms with Gasteiger partial charge in [0.2, 0.25) is 0 Å². The minimum absolute atomic E-state index is 0.0350. The SMILES string of the molecule is CCCCCCCCC(CCCCCCCC)COC(=O)CCCCCN(C)CCN(CCCCCC(=O)OCC(CCCCCCCC)CCCCCCCC)CCNc1c(NC)c(=O)c1=O. The van der Waals surface area contributed by atoms with Gasteiger partial charge in [-0.2, -0.15) is 0 Å². The maximum absolute atomic E-state index is 12.9. The van der Waals surface area contributed by atoms with Gasteiger partial charge in [-0.3, -0.25) is 19.2 Å². The number of esters is 2. The van der Waals surface area contributed by atoms with Gasteiger partial charge in [0.15, 0.2) is 0 Å². The van der Waals surface area contributed by atoms with E-state index in [0.29, 0.717) is 55.8 Å². The van der Waals surface area contributed by atoms with Crippen molar-refractivity contribution in [2.45, 2.75) is 259 Å². The molecule has 2 N–H and O–H groups in total. The maximum Gasteiger partial charge on any atom is 0.305 e. The Labute approximate surface area is 419 Å². The predicted molar refractivity (Wildman–Crippen MR) is 291 cm³/mol. The molecule has 0 bridgehead atoms. The monoisotopic (exact) mass is 959 g/mol. The van der Waals surface area contributed by atoms with E-state index < -0.39 is 10.9 Å². The molecule has 398 valence electrons. The lowest BCUT2D eigenvalue weighted by molar-refractivity contribution is -0.146. The molecule has 0 amide bonds. The van der Waals surface area contributed by atoms with Crippen molar-refractivity contribution < 1.29 is 19.1 Å². The number of carbonyl (C=O) groups is 2. The lowest BCUT2D eigenvalue weighted by atomic mass is 9.94. The standard InChI is InChI=1S/C58H110N4O6/c1-7-11-15-19-23-29-37-51(38-30-24-20-16-12-8-2)49-67-53(63)41-33-27-35-44-61(6)47-48-62(46-43-60-56-55(59-5)57(65)58(56)66)45-36-28-34-42-54(64)68-50-52(39-31-25-21-17-13-9-3)40-32-26-22-18-14-10-4/h51-52,59-60H,7-50H2,1-6H3.